The van der Waals surface area contributed by atoms with Gasteiger partial charge in [0, 0.05) is 6.42 Å². The Morgan fingerprint density at radius 2 is 1.92 bits per heavy atom. The topological polar surface area (TPSA) is 37.3 Å². The normalized spacial score (nSPS) is 12.2. The Labute approximate surface area is 74.3 Å². The van der Waals surface area contributed by atoms with Gasteiger partial charge in [0.2, 0.25) is 0 Å². The third-order valence-corrected chi connectivity index (χ3v) is 1.42. The van der Waals surface area contributed by atoms with Crippen LogP contribution in [0.25, 0.3) is 0 Å². The SMILES string of the molecule is CC(C)(C)CC=CCCC(=O)O. The highest BCUT2D eigenvalue weighted by atomic mass is 16.4. The molecule has 0 rings (SSSR count). The molecule has 0 saturated heterocycles. The predicted molar refractivity (Wildman–Crippen MR) is 50.1 cm³/mol. The summed E-state index contributed by atoms with van der Waals surface area (Å²) in [7, 11) is 0. The van der Waals surface area contributed by atoms with E-state index in [2.05, 4.69) is 26.8 Å². The second-order valence-corrected chi connectivity index (χ2v) is 4.17. The lowest BCUT2D eigenvalue weighted by Crippen LogP contribution is -2.01. The molecule has 0 saturated carbocycles. The van der Waals surface area contributed by atoms with Crippen LogP contribution in [0, 0.1) is 5.41 Å². The molecule has 2 heteroatoms. The largest absolute Gasteiger partial charge is 0.481 e. The van der Waals surface area contributed by atoms with Crippen molar-refractivity contribution in [2.24, 2.45) is 5.41 Å². The zero-order valence-electron chi connectivity index (χ0n) is 8.13. The van der Waals surface area contributed by atoms with Crippen molar-refractivity contribution in [1.29, 1.82) is 0 Å². The van der Waals surface area contributed by atoms with Crippen molar-refractivity contribution in [3.8, 4) is 0 Å². The first-order valence-electron chi connectivity index (χ1n) is 4.28. The van der Waals surface area contributed by atoms with Crippen LogP contribution in [0.1, 0.15) is 40.0 Å². The lowest BCUT2D eigenvalue weighted by atomic mass is 9.92. The van der Waals surface area contributed by atoms with Gasteiger partial charge in [-0.2, -0.15) is 0 Å². The van der Waals surface area contributed by atoms with Gasteiger partial charge >= 0.3 is 5.97 Å². The smallest absolute Gasteiger partial charge is 0.303 e. The Morgan fingerprint density at radius 3 is 2.33 bits per heavy atom. The molecule has 0 aromatic heterocycles. The molecule has 0 atom stereocenters. The van der Waals surface area contributed by atoms with E-state index in [1.54, 1.807) is 0 Å². The highest BCUT2D eigenvalue weighted by Crippen LogP contribution is 2.18. The van der Waals surface area contributed by atoms with Crippen LogP contribution in [0.3, 0.4) is 0 Å². The van der Waals surface area contributed by atoms with Gasteiger partial charge in [0.1, 0.15) is 0 Å². The molecule has 1 N–H and O–H groups in total. The zero-order valence-corrected chi connectivity index (χ0v) is 8.13. The third kappa shape index (κ3) is 9.21. The first kappa shape index (κ1) is 11.2. The second-order valence-electron chi connectivity index (χ2n) is 4.17. The summed E-state index contributed by atoms with van der Waals surface area (Å²) >= 11 is 0. The van der Waals surface area contributed by atoms with Gasteiger partial charge in [0.15, 0.2) is 0 Å². The van der Waals surface area contributed by atoms with Gasteiger partial charge in [0.05, 0.1) is 0 Å². The monoisotopic (exact) mass is 170 g/mol. The summed E-state index contributed by atoms with van der Waals surface area (Å²) in [5.41, 5.74) is 0.305. The number of rotatable bonds is 4. The molecule has 0 aromatic carbocycles. The van der Waals surface area contributed by atoms with Crippen LogP contribution in [0.15, 0.2) is 12.2 Å². The van der Waals surface area contributed by atoms with Gasteiger partial charge in [-0.05, 0) is 18.3 Å². The Balaban J connectivity index is 3.45. The summed E-state index contributed by atoms with van der Waals surface area (Å²) in [6.45, 7) is 6.48. The highest BCUT2D eigenvalue weighted by molar-refractivity contribution is 5.66. The van der Waals surface area contributed by atoms with E-state index in [1.807, 2.05) is 6.08 Å². The Morgan fingerprint density at radius 1 is 1.33 bits per heavy atom. The maximum Gasteiger partial charge on any atom is 0.303 e. The first-order valence-corrected chi connectivity index (χ1v) is 4.28. The van der Waals surface area contributed by atoms with Crippen LogP contribution in [-0.2, 0) is 4.79 Å². The number of carbonyl (C=O) groups is 1. The number of carboxylic acids is 1. The fourth-order valence-electron chi connectivity index (χ4n) is 0.762. The molecular weight excluding hydrogens is 152 g/mol. The van der Waals surface area contributed by atoms with Gasteiger partial charge in [-0.1, -0.05) is 32.9 Å². The van der Waals surface area contributed by atoms with Gasteiger partial charge < -0.3 is 5.11 Å². The summed E-state index contributed by atoms with van der Waals surface area (Å²) in [5.74, 6) is -0.726. The predicted octanol–water partition coefficient (Wildman–Crippen LogP) is 2.84. The minimum Gasteiger partial charge on any atom is -0.481 e. The quantitative estimate of drug-likeness (QED) is 0.659. The minimum absolute atomic E-state index is 0.237. The van der Waals surface area contributed by atoms with Crippen LogP contribution in [0.2, 0.25) is 0 Å². The number of hydrogen-bond acceptors (Lipinski definition) is 1. The summed E-state index contributed by atoms with van der Waals surface area (Å²) in [5, 5.41) is 8.34. The van der Waals surface area contributed by atoms with Crippen molar-refractivity contribution in [2.45, 2.75) is 40.0 Å². The van der Waals surface area contributed by atoms with Gasteiger partial charge in [-0.25, -0.2) is 0 Å². The molecule has 0 amide bonds. The number of hydrogen-bond donors (Lipinski definition) is 1. The molecule has 0 aliphatic carbocycles. The zero-order chi connectivity index (χ0) is 9.61. The summed E-state index contributed by atoms with van der Waals surface area (Å²) < 4.78 is 0. The number of aliphatic carboxylic acids is 1. The van der Waals surface area contributed by atoms with E-state index in [0.717, 1.165) is 6.42 Å². The molecule has 70 valence electrons. The van der Waals surface area contributed by atoms with Crippen molar-refractivity contribution in [3.63, 3.8) is 0 Å². The summed E-state index contributed by atoms with van der Waals surface area (Å²) in [6.07, 6.45) is 5.89. The molecule has 2 nitrogen and oxygen atoms in total. The van der Waals surface area contributed by atoms with Crippen molar-refractivity contribution < 1.29 is 9.90 Å². The van der Waals surface area contributed by atoms with Crippen LogP contribution < -0.4 is 0 Å². The second kappa shape index (κ2) is 4.96. The van der Waals surface area contributed by atoms with Gasteiger partial charge in [-0.15, -0.1) is 0 Å². The fraction of sp³-hybridized carbons (Fsp3) is 0.700. The minimum atomic E-state index is -0.726. The summed E-state index contributed by atoms with van der Waals surface area (Å²) in [4.78, 5) is 10.1. The van der Waals surface area contributed by atoms with E-state index in [4.69, 9.17) is 5.11 Å². The Bertz CT molecular complexity index is 163. The van der Waals surface area contributed by atoms with Gasteiger partial charge in [-0.3, -0.25) is 4.79 Å². The fourth-order valence-corrected chi connectivity index (χ4v) is 0.762. The first-order chi connectivity index (χ1) is 5.42. The average molecular weight is 170 g/mol. The Hall–Kier alpha value is -0.790. The molecule has 0 aliphatic rings. The Kier molecular flexibility index (Phi) is 4.64. The van der Waals surface area contributed by atoms with Crippen LogP contribution in [0.5, 0.6) is 0 Å². The van der Waals surface area contributed by atoms with Crippen LogP contribution in [-0.4, -0.2) is 11.1 Å². The van der Waals surface area contributed by atoms with Crippen LogP contribution >= 0.6 is 0 Å². The van der Waals surface area contributed by atoms with E-state index >= 15 is 0 Å². The van der Waals surface area contributed by atoms with Crippen LogP contribution in [0.4, 0.5) is 0 Å². The lowest BCUT2D eigenvalue weighted by molar-refractivity contribution is -0.136. The maximum atomic E-state index is 10.1. The lowest BCUT2D eigenvalue weighted by Gasteiger charge is -2.14. The van der Waals surface area contributed by atoms with E-state index in [1.165, 1.54) is 0 Å². The standard InChI is InChI=1S/C10H18O2/c1-10(2,3)8-6-4-5-7-9(11)12/h4,6H,5,7-8H2,1-3H3,(H,11,12). The molecular formula is C10H18O2. The molecule has 0 heterocycles. The van der Waals surface area contributed by atoms with Crippen molar-refractivity contribution in [2.75, 3.05) is 0 Å². The average Bonchev–Trinajstić information content (AvgIpc) is 1.83. The molecule has 0 fully saturated rings. The molecule has 0 aliphatic heterocycles. The van der Waals surface area contributed by atoms with Crippen molar-refractivity contribution in [1.82, 2.24) is 0 Å². The number of allylic oxidation sites excluding steroid dienone is 2. The highest BCUT2D eigenvalue weighted by Gasteiger charge is 2.05. The maximum absolute atomic E-state index is 10.1. The molecule has 0 aromatic rings. The summed E-state index contributed by atoms with van der Waals surface area (Å²) in [6, 6.07) is 0. The van der Waals surface area contributed by atoms with E-state index < -0.39 is 5.97 Å². The van der Waals surface area contributed by atoms with Crippen molar-refractivity contribution in [3.05, 3.63) is 12.2 Å². The molecule has 0 bridgehead atoms. The number of carboxylic acid groups (broad SMARTS) is 1. The van der Waals surface area contributed by atoms with Gasteiger partial charge in [0.25, 0.3) is 0 Å². The van der Waals surface area contributed by atoms with E-state index in [0.29, 0.717) is 11.8 Å². The molecule has 0 unspecified atom stereocenters. The van der Waals surface area contributed by atoms with E-state index in [-0.39, 0.29) is 6.42 Å². The third-order valence-electron chi connectivity index (χ3n) is 1.42. The molecule has 0 spiro atoms. The van der Waals surface area contributed by atoms with E-state index in [9.17, 15) is 4.79 Å². The van der Waals surface area contributed by atoms with Crippen molar-refractivity contribution >= 4 is 5.97 Å². The molecule has 12 heavy (non-hydrogen) atoms. The molecule has 0 radical (unpaired) electrons.